The average Bonchev–Trinajstić information content (AvgIpc) is 2.26. The Balaban J connectivity index is 2.63. The number of hydrogen-bond donors (Lipinski definition) is 0. The minimum atomic E-state index is -0.779. The van der Waals surface area contributed by atoms with Gasteiger partial charge >= 0.3 is 5.97 Å². The summed E-state index contributed by atoms with van der Waals surface area (Å²) in [6.45, 7) is 4.97. The molecule has 2 rings (SSSR count). The number of fused-ring (bicyclic) bond motifs is 1. The lowest BCUT2D eigenvalue weighted by Gasteiger charge is -2.26. The van der Waals surface area contributed by atoms with Crippen LogP contribution < -0.4 is 0 Å². The molecule has 0 spiro atoms. The van der Waals surface area contributed by atoms with E-state index < -0.39 is 5.60 Å². The van der Waals surface area contributed by atoms with Gasteiger partial charge in [0.1, 0.15) is 11.4 Å². The van der Waals surface area contributed by atoms with Crippen LogP contribution in [-0.2, 0) is 15.1 Å². The molecule has 0 N–H and O–H groups in total. The van der Waals surface area contributed by atoms with Gasteiger partial charge in [-0.15, -0.1) is 0 Å². The molecule has 0 amide bonds. The van der Waals surface area contributed by atoms with Crippen molar-refractivity contribution in [2.45, 2.75) is 26.4 Å². The smallest absolute Gasteiger partial charge is 0.303 e. The first-order valence-corrected chi connectivity index (χ1v) is 5.78. The summed E-state index contributed by atoms with van der Waals surface area (Å²) in [5, 5.41) is 1.69. The van der Waals surface area contributed by atoms with Crippen molar-refractivity contribution in [2.75, 3.05) is 0 Å². The fourth-order valence-corrected chi connectivity index (χ4v) is 2.18. The maximum atomic E-state index is 13.4. The van der Waals surface area contributed by atoms with E-state index in [1.54, 1.807) is 19.9 Å². The third-order valence-corrected chi connectivity index (χ3v) is 2.89. The number of hydrogen-bond acceptors (Lipinski definition) is 2. The van der Waals surface area contributed by atoms with Crippen molar-refractivity contribution in [1.82, 2.24) is 0 Å². The van der Waals surface area contributed by atoms with Gasteiger partial charge in [0.25, 0.3) is 0 Å². The van der Waals surface area contributed by atoms with Crippen LogP contribution in [0.3, 0.4) is 0 Å². The quantitative estimate of drug-likeness (QED) is 0.754. The average molecular weight is 246 g/mol. The van der Waals surface area contributed by atoms with Crippen LogP contribution in [0.1, 0.15) is 26.3 Å². The number of carbonyl (C=O) groups is 1. The van der Waals surface area contributed by atoms with E-state index in [1.807, 2.05) is 18.2 Å². The van der Waals surface area contributed by atoms with Crippen LogP contribution in [0.15, 0.2) is 36.4 Å². The molecule has 0 bridgehead atoms. The zero-order valence-corrected chi connectivity index (χ0v) is 10.7. The first-order valence-electron chi connectivity index (χ1n) is 5.78. The molecule has 2 nitrogen and oxygen atoms in total. The lowest BCUT2D eigenvalue weighted by molar-refractivity contribution is -0.154. The molecule has 94 valence electrons. The van der Waals surface area contributed by atoms with Crippen LogP contribution in [0.5, 0.6) is 0 Å². The second kappa shape index (κ2) is 4.41. The van der Waals surface area contributed by atoms with E-state index in [1.165, 1.54) is 19.1 Å². The molecule has 0 heterocycles. The Morgan fingerprint density at radius 2 is 1.94 bits per heavy atom. The Labute approximate surface area is 105 Å². The van der Waals surface area contributed by atoms with E-state index in [4.69, 9.17) is 4.74 Å². The van der Waals surface area contributed by atoms with Crippen LogP contribution in [0, 0.1) is 5.82 Å². The predicted molar refractivity (Wildman–Crippen MR) is 68.7 cm³/mol. The topological polar surface area (TPSA) is 26.3 Å². The zero-order chi connectivity index (χ0) is 13.3. The number of benzene rings is 2. The third kappa shape index (κ3) is 2.35. The lowest BCUT2D eigenvalue weighted by Crippen LogP contribution is -2.24. The summed E-state index contributed by atoms with van der Waals surface area (Å²) in [5.74, 6) is -0.651. The molecule has 0 unspecified atom stereocenters. The van der Waals surface area contributed by atoms with Crippen molar-refractivity contribution in [3.63, 3.8) is 0 Å². The molecule has 0 aliphatic heterocycles. The van der Waals surface area contributed by atoms with Crippen molar-refractivity contribution in [3.05, 3.63) is 47.8 Å². The van der Waals surface area contributed by atoms with Crippen molar-refractivity contribution in [1.29, 1.82) is 0 Å². The molecule has 0 atom stereocenters. The van der Waals surface area contributed by atoms with E-state index in [-0.39, 0.29) is 11.8 Å². The second-order valence-electron chi connectivity index (χ2n) is 4.77. The molecule has 3 heteroatoms. The Morgan fingerprint density at radius 3 is 2.61 bits per heavy atom. The highest BCUT2D eigenvalue weighted by Crippen LogP contribution is 2.31. The van der Waals surface area contributed by atoms with Crippen molar-refractivity contribution in [2.24, 2.45) is 0 Å². The SMILES string of the molecule is CC(=O)OC(C)(C)c1cccc2ccc(F)cc12. The summed E-state index contributed by atoms with van der Waals surface area (Å²) in [6.07, 6.45) is 0. The summed E-state index contributed by atoms with van der Waals surface area (Å²) in [4.78, 5) is 11.1. The number of carbonyl (C=O) groups excluding carboxylic acids is 1. The second-order valence-corrected chi connectivity index (χ2v) is 4.77. The molecule has 2 aromatic rings. The summed E-state index contributed by atoms with van der Waals surface area (Å²) in [6, 6.07) is 10.2. The number of rotatable bonds is 2. The summed E-state index contributed by atoms with van der Waals surface area (Å²) in [7, 11) is 0. The summed E-state index contributed by atoms with van der Waals surface area (Å²) >= 11 is 0. The molecular weight excluding hydrogens is 231 g/mol. The van der Waals surface area contributed by atoms with Crippen LogP contribution >= 0.6 is 0 Å². The molecule has 0 aliphatic rings. The monoisotopic (exact) mass is 246 g/mol. The Bertz CT molecular complexity index is 602. The van der Waals surface area contributed by atoms with Crippen LogP contribution in [0.2, 0.25) is 0 Å². The maximum Gasteiger partial charge on any atom is 0.303 e. The van der Waals surface area contributed by atoms with Gasteiger partial charge in [0.05, 0.1) is 0 Å². The maximum absolute atomic E-state index is 13.4. The Kier molecular flexibility index (Phi) is 3.07. The van der Waals surface area contributed by atoms with Crippen LogP contribution in [-0.4, -0.2) is 5.97 Å². The van der Waals surface area contributed by atoms with Gasteiger partial charge < -0.3 is 4.74 Å². The molecule has 2 aromatic carbocycles. The molecule has 0 saturated carbocycles. The van der Waals surface area contributed by atoms with E-state index in [0.717, 1.165) is 16.3 Å². The van der Waals surface area contributed by atoms with Gasteiger partial charge in [-0.3, -0.25) is 4.79 Å². The van der Waals surface area contributed by atoms with Gasteiger partial charge in [-0.05, 0) is 36.8 Å². The first-order chi connectivity index (χ1) is 8.40. The largest absolute Gasteiger partial charge is 0.455 e. The number of esters is 1. The van der Waals surface area contributed by atoms with Crippen LogP contribution in [0.25, 0.3) is 10.8 Å². The van der Waals surface area contributed by atoms with E-state index >= 15 is 0 Å². The Hall–Kier alpha value is -1.90. The fraction of sp³-hybridized carbons (Fsp3) is 0.267. The minimum Gasteiger partial charge on any atom is -0.455 e. The molecule has 0 radical (unpaired) electrons. The van der Waals surface area contributed by atoms with Gasteiger partial charge in [-0.25, -0.2) is 4.39 Å². The normalized spacial score (nSPS) is 11.6. The highest BCUT2D eigenvalue weighted by atomic mass is 19.1. The molecule has 18 heavy (non-hydrogen) atoms. The zero-order valence-electron chi connectivity index (χ0n) is 10.7. The third-order valence-electron chi connectivity index (χ3n) is 2.89. The molecule has 0 aromatic heterocycles. The van der Waals surface area contributed by atoms with E-state index in [9.17, 15) is 9.18 Å². The molecule has 0 fully saturated rings. The van der Waals surface area contributed by atoms with Gasteiger partial charge in [0.2, 0.25) is 0 Å². The van der Waals surface area contributed by atoms with Gasteiger partial charge in [0, 0.05) is 12.5 Å². The predicted octanol–water partition coefficient (Wildman–Crippen LogP) is 3.78. The highest BCUT2D eigenvalue weighted by molar-refractivity contribution is 5.86. The number of ether oxygens (including phenoxy) is 1. The van der Waals surface area contributed by atoms with Crippen molar-refractivity contribution >= 4 is 16.7 Å². The van der Waals surface area contributed by atoms with Crippen LogP contribution in [0.4, 0.5) is 4.39 Å². The fourth-order valence-electron chi connectivity index (χ4n) is 2.18. The van der Waals surface area contributed by atoms with Gasteiger partial charge in [0.15, 0.2) is 0 Å². The molecular formula is C15H15FO2. The van der Waals surface area contributed by atoms with E-state index in [0.29, 0.717) is 0 Å². The van der Waals surface area contributed by atoms with E-state index in [2.05, 4.69) is 0 Å². The van der Waals surface area contributed by atoms with Crippen molar-refractivity contribution in [3.8, 4) is 0 Å². The van der Waals surface area contributed by atoms with Crippen molar-refractivity contribution < 1.29 is 13.9 Å². The molecule has 0 saturated heterocycles. The van der Waals surface area contributed by atoms with Gasteiger partial charge in [-0.2, -0.15) is 0 Å². The Morgan fingerprint density at radius 1 is 1.22 bits per heavy atom. The molecule has 0 aliphatic carbocycles. The highest BCUT2D eigenvalue weighted by Gasteiger charge is 2.25. The minimum absolute atomic E-state index is 0.298. The summed E-state index contributed by atoms with van der Waals surface area (Å²) < 4.78 is 18.7. The lowest BCUT2D eigenvalue weighted by atomic mass is 9.92. The number of halogens is 1. The van der Waals surface area contributed by atoms with Gasteiger partial charge in [-0.1, -0.05) is 24.3 Å². The first kappa shape index (κ1) is 12.6. The standard InChI is InChI=1S/C15H15FO2/c1-10(17)18-15(2,3)14-6-4-5-11-7-8-12(16)9-13(11)14/h4-9H,1-3H3. The summed E-state index contributed by atoms with van der Waals surface area (Å²) in [5.41, 5.74) is 0.0220.